The molecule has 4 rings (SSSR count). The van der Waals surface area contributed by atoms with Gasteiger partial charge in [-0.25, -0.2) is 0 Å². The number of unbranched alkanes of at least 4 members (excludes halogenated alkanes) is 2. The van der Waals surface area contributed by atoms with Crippen LogP contribution in [-0.4, -0.2) is 42.0 Å². The lowest BCUT2D eigenvalue weighted by atomic mass is 9.90. The summed E-state index contributed by atoms with van der Waals surface area (Å²) in [6.07, 6.45) is 7.78. The summed E-state index contributed by atoms with van der Waals surface area (Å²) in [5.74, 6) is 2.04. The highest BCUT2D eigenvalue weighted by Gasteiger charge is 2.35. The molecule has 2 aromatic carbocycles. The van der Waals surface area contributed by atoms with Crippen molar-refractivity contribution in [3.05, 3.63) is 59.7 Å². The first-order valence-electron chi connectivity index (χ1n) is 11.7. The van der Waals surface area contributed by atoms with E-state index < -0.39 is 0 Å². The number of benzene rings is 2. The van der Waals surface area contributed by atoms with Gasteiger partial charge in [-0.05, 0) is 57.5 Å². The van der Waals surface area contributed by atoms with E-state index in [1.807, 2.05) is 0 Å². The standard InChI is InChI=1S/C26H36N2O/c1-3-5-17-27(18-6-4-2)21-12-11-19-28(20-21)26-22-13-7-9-15-24(22)29-25-16-10-8-14-23(25)26/h7-10,13-16,21,26H,3-6,11-12,17-20H2,1-2H3. The molecule has 0 radical (unpaired) electrons. The number of para-hydroxylation sites is 2. The molecule has 0 saturated carbocycles. The summed E-state index contributed by atoms with van der Waals surface area (Å²) in [7, 11) is 0. The topological polar surface area (TPSA) is 15.7 Å². The minimum absolute atomic E-state index is 0.304. The van der Waals surface area contributed by atoms with E-state index in [0.717, 1.165) is 18.0 Å². The number of hydrogen-bond acceptors (Lipinski definition) is 3. The number of hydrogen-bond donors (Lipinski definition) is 0. The number of nitrogens with zero attached hydrogens (tertiary/aromatic N) is 2. The van der Waals surface area contributed by atoms with Crippen molar-refractivity contribution in [2.75, 3.05) is 26.2 Å². The Bertz CT molecular complexity index is 736. The van der Waals surface area contributed by atoms with Gasteiger partial charge >= 0.3 is 0 Å². The van der Waals surface area contributed by atoms with Gasteiger partial charge in [0.25, 0.3) is 0 Å². The molecule has 0 amide bonds. The fourth-order valence-corrected chi connectivity index (χ4v) is 4.99. The highest BCUT2D eigenvalue weighted by molar-refractivity contribution is 5.53. The monoisotopic (exact) mass is 392 g/mol. The Kier molecular flexibility index (Phi) is 6.89. The van der Waals surface area contributed by atoms with Crippen LogP contribution in [0.25, 0.3) is 0 Å². The van der Waals surface area contributed by atoms with Crippen LogP contribution in [0.3, 0.4) is 0 Å². The maximum Gasteiger partial charge on any atom is 0.132 e. The first kappa shape index (κ1) is 20.4. The summed E-state index contributed by atoms with van der Waals surface area (Å²) >= 11 is 0. The third-order valence-corrected chi connectivity index (χ3v) is 6.55. The molecule has 1 saturated heterocycles. The Morgan fingerprint density at radius 2 is 1.48 bits per heavy atom. The summed E-state index contributed by atoms with van der Waals surface area (Å²) in [6, 6.07) is 18.2. The molecule has 0 bridgehead atoms. The van der Waals surface area contributed by atoms with E-state index >= 15 is 0 Å². The van der Waals surface area contributed by atoms with Crippen LogP contribution in [0.2, 0.25) is 0 Å². The normalized spacial score (nSPS) is 19.6. The van der Waals surface area contributed by atoms with Crippen LogP contribution >= 0.6 is 0 Å². The lowest BCUT2D eigenvalue weighted by Crippen LogP contribution is -2.50. The smallest absolute Gasteiger partial charge is 0.132 e. The molecule has 0 aliphatic carbocycles. The molecule has 3 nitrogen and oxygen atoms in total. The number of rotatable bonds is 8. The lowest BCUT2D eigenvalue weighted by Gasteiger charge is -2.44. The predicted molar refractivity (Wildman–Crippen MR) is 121 cm³/mol. The van der Waals surface area contributed by atoms with Crippen molar-refractivity contribution in [3.63, 3.8) is 0 Å². The van der Waals surface area contributed by atoms with E-state index in [0.29, 0.717) is 12.1 Å². The van der Waals surface area contributed by atoms with Crippen molar-refractivity contribution in [1.29, 1.82) is 0 Å². The van der Waals surface area contributed by atoms with Crippen molar-refractivity contribution in [2.24, 2.45) is 0 Å². The lowest BCUT2D eigenvalue weighted by molar-refractivity contribution is 0.0757. The van der Waals surface area contributed by atoms with Gasteiger partial charge in [-0.1, -0.05) is 63.1 Å². The van der Waals surface area contributed by atoms with E-state index in [1.54, 1.807) is 0 Å². The highest BCUT2D eigenvalue weighted by Crippen LogP contribution is 2.46. The summed E-state index contributed by atoms with van der Waals surface area (Å²) in [5.41, 5.74) is 2.64. The molecular weight excluding hydrogens is 356 g/mol. The van der Waals surface area contributed by atoms with Gasteiger partial charge in [0.05, 0.1) is 6.04 Å². The molecule has 29 heavy (non-hydrogen) atoms. The molecule has 3 heteroatoms. The maximum absolute atomic E-state index is 6.24. The van der Waals surface area contributed by atoms with Gasteiger partial charge in [-0.2, -0.15) is 0 Å². The second-order valence-corrected chi connectivity index (χ2v) is 8.61. The molecule has 156 valence electrons. The quantitative estimate of drug-likeness (QED) is 0.528. The predicted octanol–water partition coefficient (Wildman–Crippen LogP) is 6.25. The highest BCUT2D eigenvalue weighted by atomic mass is 16.5. The molecular formula is C26H36N2O. The molecule has 2 aliphatic rings. The van der Waals surface area contributed by atoms with Gasteiger partial charge in [0.1, 0.15) is 11.5 Å². The first-order valence-corrected chi connectivity index (χ1v) is 11.7. The second-order valence-electron chi connectivity index (χ2n) is 8.61. The number of ether oxygens (including phenoxy) is 1. The molecule has 0 N–H and O–H groups in total. The minimum Gasteiger partial charge on any atom is -0.457 e. The number of likely N-dealkylation sites (tertiary alicyclic amines) is 1. The molecule has 2 heterocycles. The van der Waals surface area contributed by atoms with Crippen LogP contribution in [0.15, 0.2) is 48.5 Å². The molecule has 0 spiro atoms. The second kappa shape index (κ2) is 9.77. The third kappa shape index (κ3) is 4.51. The van der Waals surface area contributed by atoms with E-state index in [4.69, 9.17) is 4.74 Å². The van der Waals surface area contributed by atoms with Crippen molar-refractivity contribution in [2.45, 2.75) is 64.5 Å². The fraction of sp³-hybridized carbons (Fsp3) is 0.538. The van der Waals surface area contributed by atoms with Crippen LogP contribution < -0.4 is 4.74 Å². The van der Waals surface area contributed by atoms with Crippen LogP contribution in [0.4, 0.5) is 0 Å². The first-order chi connectivity index (χ1) is 14.3. The molecule has 0 aromatic heterocycles. The Labute approximate surface area is 176 Å². The zero-order chi connectivity index (χ0) is 20.1. The van der Waals surface area contributed by atoms with Crippen molar-refractivity contribution < 1.29 is 4.74 Å². The Morgan fingerprint density at radius 1 is 0.897 bits per heavy atom. The Morgan fingerprint density at radius 3 is 2.07 bits per heavy atom. The van der Waals surface area contributed by atoms with Crippen LogP contribution in [0.5, 0.6) is 11.5 Å². The number of piperidine rings is 1. The molecule has 2 aromatic rings. The maximum atomic E-state index is 6.24. The Balaban J connectivity index is 1.59. The van der Waals surface area contributed by atoms with Gasteiger partial charge < -0.3 is 4.74 Å². The number of fused-ring (bicyclic) bond motifs is 2. The molecule has 2 aliphatic heterocycles. The minimum atomic E-state index is 0.304. The van der Waals surface area contributed by atoms with Gasteiger partial charge in [0, 0.05) is 23.7 Å². The zero-order valence-corrected chi connectivity index (χ0v) is 18.1. The average Bonchev–Trinajstić information content (AvgIpc) is 2.77. The summed E-state index contributed by atoms with van der Waals surface area (Å²) in [6.45, 7) is 9.42. The van der Waals surface area contributed by atoms with E-state index in [1.165, 1.54) is 69.3 Å². The molecule has 1 atom stereocenters. The van der Waals surface area contributed by atoms with E-state index in [-0.39, 0.29) is 0 Å². The summed E-state index contributed by atoms with van der Waals surface area (Å²) < 4.78 is 6.24. The van der Waals surface area contributed by atoms with Crippen LogP contribution in [0, 0.1) is 0 Å². The summed E-state index contributed by atoms with van der Waals surface area (Å²) in [5, 5.41) is 0. The zero-order valence-electron chi connectivity index (χ0n) is 18.1. The molecule has 1 fully saturated rings. The fourth-order valence-electron chi connectivity index (χ4n) is 4.99. The van der Waals surface area contributed by atoms with E-state index in [9.17, 15) is 0 Å². The molecule has 1 unspecified atom stereocenters. The SMILES string of the molecule is CCCCN(CCCC)C1CCCN(C2c3ccccc3Oc3ccccc32)C1. The van der Waals surface area contributed by atoms with Crippen molar-refractivity contribution >= 4 is 0 Å². The van der Waals surface area contributed by atoms with Gasteiger partial charge in [-0.15, -0.1) is 0 Å². The van der Waals surface area contributed by atoms with Gasteiger partial charge in [-0.3, -0.25) is 9.80 Å². The van der Waals surface area contributed by atoms with Crippen LogP contribution in [-0.2, 0) is 0 Å². The Hall–Kier alpha value is -1.84. The van der Waals surface area contributed by atoms with Gasteiger partial charge in [0.2, 0.25) is 0 Å². The van der Waals surface area contributed by atoms with Crippen LogP contribution in [0.1, 0.15) is 69.5 Å². The third-order valence-electron chi connectivity index (χ3n) is 6.55. The van der Waals surface area contributed by atoms with Gasteiger partial charge in [0.15, 0.2) is 0 Å². The van der Waals surface area contributed by atoms with E-state index in [2.05, 4.69) is 72.2 Å². The van der Waals surface area contributed by atoms with Crippen molar-refractivity contribution in [1.82, 2.24) is 9.80 Å². The van der Waals surface area contributed by atoms with Crippen molar-refractivity contribution in [3.8, 4) is 11.5 Å². The summed E-state index contributed by atoms with van der Waals surface area (Å²) in [4.78, 5) is 5.51. The largest absolute Gasteiger partial charge is 0.457 e. The average molecular weight is 393 g/mol.